The van der Waals surface area contributed by atoms with Crippen molar-refractivity contribution in [2.24, 2.45) is 5.73 Å². The van der Waals surface area contributed by atoms with Gasteiger partial charge in [-0.15, -0.1) is 21.5 Å². The first-order valence-electron chi connectivity index (χ1n) is 7.18. The Bertz CT molecular complexity index is 943. The number of thiophene rings is 1. The van der Waals surface area contributed by atoms with Crippen LogP contribution >= 0.6 is 34.4 Å². The van der Waals surface area contributed by atoms with E-state index in [4.69, 9.17) is 5.73 Å². The van der Waals surface area contributed by atoms with E-state index in [1.54, 1.807) is 29.6 Å². The number of hydrogen-bond acceptors (Lipinski definition) is 8. The lowest BCUT2D eigenvalue weighted by Gasteiger charge is -2.03. The molecule has 0 aliphatic heterocycles. The first-order chi connectivity index (χ1) is 12.5. The van der Waals surface area contributed by atoms with Gasteiger partial charge in [0.2, 0.25) is 11.0 Å². The van der Waals surface area contributed by atoms with Gasteiger partial charge in [-0.3, -0.25) is 9.59 Å². The third kappa shape index (κ3) is 4.56. The number of para-hydroxylation sites is 1. The average molecular weight is 409 g/mol. The van der Waals surface area contributed by atoms with Crippen molar-refractivity contribution in [3.8, 4) is 0 Å². The van der Waals surface area contributed by atoms with Gasteiger partial charge in [-0.25, -0.2) is 4.39 Å². The lowest BCUT2D eigenvalue weighted by atomic mass is 10.3. The van der Waals surface area contributed by atoms with Crippen molar-refractivity contribution >= 4 is 62.1 Å². The van der Waals surface area contributed by atoms with Gasteiger partial charge in [0.05, 0.1) is 17.0 Å². The summed E-state index contributed by atoms with van der Waals surface area (Å²) >= 11 is 3.62. The molecule has 2 aromatic heterocycles. The van der Waals surface area contributed by atoms with Crippen molar-refractivity contribution < 1.29 is 14.0 Å². The number of nitrogens with two attached hydrogens (primary N) is 1. The number of carbonyl (C=O) groups is 2. The van der Waals surface area contributed by atoms with Crippen molar-refractivity contribution in [3.63, 3.8) is 0 Å². The van der Waals surface area contributed by atoms with Gasteiger partial charge in [0, 0.05) is 0 Å². The van der Waals surface area contributed by atoms with Crippen LogP contribution in [0.3, 0.4) is 0 Å². The van der Waals surface area contributed by atoms with Gasteiger partial charge in [-0.05, 0) is 23.6 Å². The van der Waals surface area contributed by atoms with E-state index in [0.717, 1.165) is 0 Å². The van der Waals surface area contributed by atoms with E-state index in [9.17, 15) is 14.0 Å². The van der Waals surface area contributed by atoms with Crippen molar-refractivity contribution in [3.05, 3.63) is 47.1 Å². The van der Waals surface area contributed by atoms with Crippen molar-refractivity contribution in [1.82, 2.24) is 10.2 Å². The van der Waals surface area contributed by atoms with Crippen LogP contribution in [-0.4, -0.2) is 27.8 Å². The zero-order chi connectivity index (χ0) is 18.5. The van der Waals surface area contributed by atoms with E-state index >= 15 is 0 Å². The number of amides is 2. The summed E-state index contributed by atoms with van der Waals surface area (Å²) in [4.78, 5) is 23.3. The molecule has 0 aliphatic rings. The highest BCUT2D eigenvalue weighted by molar-refractivity contribution is 8.01. The van der Waals surface area contributed by atoms with Crippen LogP contribution in [0.2, 0.25) is 0 Å². The van der Waals surface area contributed by atoms with Crippen molar-refractivity contribution in [1.29, 1.82) is 0 Å². The smallest absolute Gasteiger partial charge is 0.251 e. The summed E-state index contributed by atoms with van der Waals surface area (Å²) in [5.74, 6) is -1.19. The van der Waals surface area contributed by atoms with Gasteiger partial charge in [0.15, 0.2) is 4.34 Å². The quantitative estimate of drug-likeness (QED) is 0.517. The molecule has 0 radical (unpaired) electrons. The predicted molar refractivity (Wildman–Crippen MR) is 102 cm³/mol. The van der Waals surface area contributed by atoms with Crippen LogP contribution in [0.15, 0.2) is 40.1 Å². The van der Waals surface area contributed by atoms with Crippen LogP contribution in [0.25, 0.3) is 0 Å². The fourth-order valence-corrected chi connectivity index (χ4v) is 4.26. The average Bonchev–Trinajstić information content (AvgIpc) is 3.24. The zero-order valence-corrected chi connectivity index (χ0v) is 15.5. The van der Waals surface area contributed by atoms with Gasteiger partial charge < -0.3 is 16.4 Å². The molecule has 2 amide bonds. The number of thioether (sulfide) groups is 1. The minimum Gasteiger partial charge on any atom is -0.366 e. The van der Waals surface area contributed by atoms with E-state index < -0.39 is 11.7 Å². The number of carbonyl (C=O) groups excluding carboxylic acids is 2. The first kappa shape index (κ1) is 18.3. The summed E-state index contributed by atoms with van der Waals surface area (Å²) in [6, 6.07) is 7.79. The number of anilines is 3. The van der Waals surface area contributed by atoms with E-state index in [0.29, 0.717) is 20.2 Å². The van der Waals surface area contributed by atoms with Crippen LogP contribution in [-0.2, 0) is 4.79 Å². The standard InChI is InChI=1S/C15H12FN5O2S3/c16-9-3-1-2-4-10(9)18-14-20-21-15(26-14)25-7-11(22)19-13-8(12(17)23)5-6-24-13/h1-6H,7H2,(H2,17,23)(H,18,20)(H,19,22). The molecule has 134 valence electrons. The Balaban J connectivity index is 1.54. The van der Waals surface area contributed by atoms with E-state index in [1.165, 1.54) is 40.5 Å². The Morgan fingerprint density at radius 2 is 2.04 bits per heavy atom. The number of rotatable bonds is 7. The molecule has 0 bridgehead atoms. The van der Waals surface area contributed by atoms with Crippen LogP contribution in [0.1, 0.15) is 10.4 Å². The molecule has 3 aromatic rings. The number of nitrogens with zero attached hydrogens (tertiary/aromatic N) is 2. The molecule has 3 rings (SSSR count). The molecule has 0 atom stereocenters. The maximum absolute atomic E-state index is 13.6. The Morgan fingerprint density at radius 1 is 1.23 bits per heavy atom. The van der Waals surface area contributed by atoms with E-state index in [2.05, 4.69) is 20.8 Å². The van der Waals surface area contributed by atoms with E-state index in [-0.39, 0.29) is 17.2 Å². The molecule has 0 fully saturated rings. The van der Waals surface area contributed by atoms with Gasteiger partial charge in [-0.2, -0.15) is 0 Å². The second kappa shape index (κ2) is 8.25. The largest absolute Gasteiger partial charge is 0.366 e. The second-order valence-electron chi connectivity index (χ2n) is 4.84. The lowest BCUT2D eigenvalue weighted by Crippen LogP contribution is -2.17. The molecule has 2 heterocycles. The van der Waals surface area contributed by atoms with E-state index in [1.807, 2.05) is 0 Å². The summed E-state index contributed by atoms with van der Waals surface area (Å²) in [5.41, 5.74) is 5.82. The number of halogens is 1. The molecule has 0 spiro atoms. The SMILES string of the molecule is NC(=O)c1ccsc1NC(=O)CSc1nnc(Nc2ccccc2F)s1. The number of benzene rings is 1. The Labute approximate surface area is 159 Å². The molecule has 0 saturated carbocycles. The first-order valence-corrected chi connectivity index (χ1v) is 9.86. The minimum atomic E-state index is -0.595. The predicted octanol–water partition coefficient (Wildman–Crippen LogP) is 3.31. The molecule has 0 unspecified atom stereocenters. The van der Waals surface area contributed by atoms with Crippen LogP contribution in [0.4, 0.5) is 20.2 Å². The summed E-state index contributed by atoms with van der Waals surface area (Å²) in [6.45, 7) is 0. The Morgan fingerprint density at radius 3 is 2.81 bits per heavy atom. The topological polar surface area (TPSA) is 110 Å². The molecular formula is C15H12FN5O2S3. The summed E-state index contributed by atoms with van der Waals surface area (Å²) in [5, 5.41) is 15.9. The van der Waals surface area contributed by atoms with Gasteiger partial charge in [0.1, 0.15) is 10.8 Å². The zero-order valence-electron chi connectivity index (χ0n) is 13.1. The fraction of sp³-hybridized carbons (Fsp3) is 0.0667. The van der Waals surface area contributed by atoms with Crippen LogP contribution in [0, 0.1) is 5.82 Å². The van der Waals surface area contributed by atoms with Gasteiger partial charge >= 0.3 is 0 Å². The number of primary amides is 1. The second-order valence-corrected chi connectivity index (χ2v) is 7.96. The Kier molecular flexibility index (Phi) is 5.81. The maximum Gasteiger partial charge on any atom is 0.251 e. The molecule has 7 nitrogen and oxygen atoms in total. The van der Waals surface area contributed by atoms with Crippen LogP contribution in [0.5, 0.6) is 0 Å². The highest BCUT2D eigenvalue weighted by atomic mass is 32.2. The molecule has 0 aliphatic carbocycles. The van der Waals surface area contributed by atoms with Crippen molar-refractivity contribution in [2.45, 2.75) is 4.34 Å². The Hall–Kier alpha value is -2.50. The van der Waals surface area contributed by atoms with Gasteiger partial charge in [-0.1, -0.05) is 35.2 Å². The minimum absolute atomic E-state index is 0.0877. The molecule has 11 heteroatoms. The highest BCUT2D eigenvalue weighted by Crippen LogP contribution is 2.29. The molecule has 1 aromatic carbocycles. The maximum atomic E-state index is 13.6. The van der Waals surface area contributed by atoms with Gasteiger partial charge in [0.25, 0.3) is 5.91 Å². The number of nitrogens with one attached hydrogen (secondary N) is 2. The molecule has 0 saturated heterocycles. The highest BCUT2D eigenvalue weighted by Gasteiger charge is 2.14. The summed E-state index contributed by atoms with van der Waals surface area (Å²) in [6.07, 6.45) is 0. The molecule has 26 heavy (non-hydrogen) atoms. The lowest BCUT2D eigenvalue weighted by molar-refractivity contribution is -0.113. The number of hydrogen-bond donors (Lipinski definition) is 3. The fourth-order valence-electron chi connectivity index (χ4n) is 1.89. The summed E-state index contributed by atoms with van der Waals surface area (Å²) in [7, 11) is 0. The van der Waals surface area contributed by atoms with Crippen molar-refractivity contribution in [2.75, 3.05) is 16.4 Å². The number of aromatic nitrogens is 2. The normalized spacial score (nSPS) is 10.5. The third-order valence-electron chi connectivity index (χ3n) is 3.03. The van der Waals surface area contributed by atoms with Crippen LogP contribution < -0.4 is 16.4 Å². The third-order valence-corrected chi connectivity index (χ3v) is 5.83. The molecule has 4 N–H and O–H groups in total. The monoisotopic (exact) mass is 409 g/mol. The summed E-state index contributed by atoms with van der Waals surface area (Å²) < 4.78 is 14.2. The molecular weight excluding hydrogens is 397 g/mol.